The number of nitrogens with one attached hydrogen (secondary N) is 2. The van der Waals surface area contributed by atoms with E-state index in [0.29, 0.717) is 10.9 Å². The van der Waals surface area contributed by atoms with Crippen LogP contribution in [0.5, 0.6) is 0 Å². The second-order valence-electron chi connectivity index (χ2n) is 10.7. The number of carbonyl (C=O) groups excluding carboxylic acids is 3. The number of alkyl halides is 3. The highest BCUT2D eigenvalue weighted by atomic mass is 19.4. The van der Waals surface area contributed by atoms with Gasteiger partial charge in [0.05, 0.1) is 47.7 Å². The number of nitrogens with zero attached hydrogens (tertiary/aromatic N) is 3. The predicted octanol–water partition coefficient (Wildman–Crippen LogP) is 4.60. The second kappa shape index (κ2) is 11.1. The number of nitriles is 1. The number of carbonyl (C=O) groups is 3. The van der Waals surface area contributed by atoms with E-state index in [1.54, 1.807) is 26.1 Å². The van der Waals surface area contributed by atoms with E-state index in [2.05, 4.69) is 16.7 Å². The van der Waals surface area contributed by atoms with Gasteiger partial charge in [0.2, 0.25) is 11.8 Å². The monoisotopic (exact) mass is 577 g/mol. The minimum atomic E-state index is -4.68. The summed E-state index contributed by atoms with van der Waals surface area (Å²) in [6.07, 6.45) is -2.78. The third-order valence-electron chi connectivity index (χ3n) is 8.00. The summed E-state index contributed by atoms with van der Waals surface area (Å²) in [6.45, 7) is 2.44. The van der Waals surface area contributed by atoms with Gasteiger partial charge in [0.15, 0.2) is 0 Å². The van der Waals surface area contributed by atoms with E-state index in [1.807, 2.05) is 18.2 Å². The standard InChI is InChI=1S/C31H30F3N5O3/c1-17(36-3)29(41)37-26-16-38(18(2)40)28-13-21(31(32,33)34)9-12-27(28)39(30(26)42)15-25-22(19-7-8-19)10-11-23-20(14-35)5-4-6-24(23)25/h4-6,9-13,17,19,26,36H,7-8,15-16H2,1-3H3,(H,37,41)/t17?,26-/m0/s1. The van der Waals surface area contributed by atoms with E-state index in [-0.39, 0.29) is 30.4 Å². The van der Waals surface area contributed by atoms with E-state index in [9.17, 15) is 32.8 Å². The molecule has 3 aromatic carbocycles. The molecule has 1 aliphatic heterocycles. The quantitative estimate of drug-likeness (QED) is 0.446. The summed E-state index contributed by atoms with van der Waals surface area (Å²) in [5.41, 5.74) is 1.31. The van der Waals surface area contributed by atoms with Crippen molar-refractivity contribution in [1.29, 1.82) is 5.26 Å². The van der Waals surface area contributed by atoms with Crippen molar-refractivity contribution >= 4 is 39.9 Å². The fourth-order valence-corrected chi connectivity index (χ4v) is 5.45. The van der Waals surface area contributed by atoms with E-state index in [0.717, 1.165) is 46.4 Å². The van der Waals surface area contributed by atoms with Crippen molar-refractivity contribution in [2.45, 2.75) is 57.4 Å². The predicted molar refractivity (Wildman–Crippen MR) is 152 cm³/mol. The lowest BCUT2D eigenvalue weighted by Crippen LogP contribution is -2.55. The number of likely N-dealkylation sites (N-methyl/N-ethyl adjacent to an activating group) is 1. The van der Waals surface area contributed by atoms with Crippen molar-refractivity contribution in [3.63, 3.8) is 0 Å². The number of hydrogen-bond acceptors (Lipinski definition) is 5. The van der Waals surface area contributed by atoms with Crippen molar-refractivity contribution in [3.8, 4) is 6.07 Å². The molecule has 8 nitrogen and oxygen atoms in total. The number of halogens is 3. The second-order valence-corrected chi connectivity index (χ2v) is 10.7. The first-order chi connectivity index (χ1) is 19.9. The molecule has 3 aromatic rings. The van der Waals surface area contributed by atoms with E-state index in [1.165, 1.54) is 17.9 Å². The van der Waals surface area contributed by atoms with Crippen molar-refractivity contribution < 1.29 is 27.6 Å². The Kier molecular flexibility index (Phi) is 7.68. The first kappa shape index (κ1) is 29.1. The highest BCUT2D eigenvalue weighted by Gasteiger charge is 2.40. The average molecular weight is 578 g/mol. The molecule has 5 rings (SSSR count). The van der Waals surface area contributed by atoms with Crippen LogP contribution in [-0.2, 0) is 27.1 Å². The van der Waals surface area contributed by atoms with Crippen LogP contribution in [0, 0.1) is 11.3 Å². The van der Waals surface area contributed by atoms with Crippen LogP contribution >= 0.6 is 0 Å². The van der Waals surface area contributed by atoms with Gasteiger partial charge in [-0.2, -0.15) is 18.4 Å². The van der Waals surface area contributed by atoms with Crippen LogP contribution in [-0.4, -0.2) is 43.4 Å². The Balaban J connectivity index is 1.71. The molecule has 218 valence electrons. The first-order valence-corrected chi connectivity index (χ1v) is 13.7. The first-order valence-electron chi connectivity index (χ1n) is 13.7. The number of amides is 3. The Hall–Kier alpha value is -4.43. The van der Waals surface area contributed by atoms with Crippen molar-refractivity contribution in [2.75, 3.05) is 23.4 Å². The van der Waals surface area contributed by atoms with Crippen LogP contribution in [0.15, 0.2) is 48.5 Å². The zero-order chi connectivity index (χ0) is 30.3. The van der Waals surface area contributed by atoms with Crippen LogP contribution in [0.4, 0.5) is 24.5 Å². The molecule has 0 radical (unpaired) electrons. The summed E-state index contributed by atoms with van der Waals surface area (Å²) in [5.74, 6) is -1.38. The Morgan fingerprint density at radius 2 is 1.83 bits per heavy atom. The third-order valence-corrected chi connectivity index (χ3v) is 8.00. The minimum absolute atomic E-state index is 0.0328. The van der Waals surface area contributed by atoms with Gasteiger partial charge in [-0.05, 0) is 78.9 Å². The van der Waals surface area contributed by atoms with Gasteiger partial charge >= 0.3 is 6.18 Å². The number of anilines is 2. The molecule has 0 saturated heterocycles. The molecular formula is C31H30F3N5O3. The fraction of sp³-hybridized carbons (Fsp3) is 0.355. The van der Waals surface area contributed by atoms with Gasteiger partial charge < -0.3 is 20.4 Å². The molecule has 0 bridgehead atoms. The number of benzene rings is 3. The van der Waals surface area contributed by atoms with Crippen molar-refractivity contribution in [3.05, 3.63) is 70.8 Å². The Bertz CT molecular complexity index is 1630. The molecule has 0 aromatic heterocycles. The van der Waals surface area contributed by atoms with E-state index < -0.39 is 41.5 Å². The molecule has 3 amide bonds. The smallest absolute Gasteiger partial charge is 0.341 e. The van der Waals surface area contributed by atoms with Gasteiger partial charge in [0.25, 0.3) is 5.91 Å². The average Bonchev–Trinajstić information content (AvgIpc) is 3.81. The van der Waals surface area contributed by atoms with Crippen LogP contribution in [0.25, 0.3) is 10.8 Å². The van der Waals surface area contributed by atoms with Gasteiger partial charge in [0, 0.05) is 6.92 Å². The van der Waals surface area contributed by atoms with Crippen LogP contribution in [0.1, 0.15) is 54.9 Å². The normalized spacial score (nSPS) is 17.8. The maximum Gasteiger partial charge on any atom is 0.416 e. The molecule has 2 N–H and O–H groups in total. The van der Waals surface area contributed by atoms with Gasteiger partial charge in [-0.1, -0.05) is 24.3 Å². The number of hydrogen-bond donors (Lipinski definition) is 2. The van der Waals surface area contributed by atoms with Crippen molar-refractivity contribution in [2.24, 2.45) is 0 Å². The molecule has 42 heavy (non-hydrogen) atoms. The Labute approximate surface area is 241 Å². The van der Waals surface area contributed by atoms with Gasteiger partial charge in [-0.15, -0.1) is 0 Å². The van der Waals surface area contributed by atoms with Gasteiger partial charge in [-0.3, -0.25) is 14.4 Å². The maximum absolute atomic E-state index is 14.2. The minimum Gasteiger partial charge on any atom is -0.341 e. The lowest BCUT2D eigenvalue weighted by atomic mass is 9.93. The summed E-state index contributed by atoms with van der Waals surface area (Å²) in [5, 5.41) is 16.7. The summed E-state index contributed by atoms with van der Waals surface area (Å²) in [7, 11) is 1.58. The zero-order valence-electron chi connectivity index (χ0n) is 23.4. The van der Waals surface area contributed by atoms with E-state index >= 15 is 0 Å². The SMILES string of the molecule is CNC(C)C(=O)N[C@H]1CN(C(C)=O)c2cc(C(F)(F)F)ccc2N(Cc2c(C3CC3)ccc3c(C#N)cccc23)C1=O. The molecule has 1 unspecified atom stereocenters. The maximum atomic E-state index is 14.2. The fourth-order valence-electron chi connectivity index (χ4n) is 5.45. The molecule has 2 aliphatic rings. The summed E-state index contributed by atoms with van der Waals surface area (Å²) < 4.78 is 41.4. The Morgan fingerprint density at radius 1 is 1.10 bits per heavy atom. The lowest BCUT2D eigenvalue weighted by Gasteiger charge is -2.28. The molecule has 1 saturated carbocycles. The largest absolute Gasteiger partial charge is 0.416 e. The number of rotatable bonds is 6. The topological polar surface area (TPSA) is 106 Å². The molecule has 11 heteroatoms. The van der Waals surface area contributed by atoms with Crippen LogP contribution in [0.2, 0.25) is 0 Å². The lowest BCUT2D eigenvalue weighted by molar-refractivity contribution is -0.137. The molecule has 1 fully saturated rings. The molecule has 1 aliphatic carbocycles. The highest BCUT2D eigenvalue weighted by Crippen LogP contribution is 2.45. The summed E-state index contributed by atoms with van der Waals surface area (Å²) >= 11 is 0. The molecule has 0 spiro atoms. The Morgan fingerprint density at radius 3 is 2.45 bits per heavy atom. The zero-order valence-corrected chi connectivity index (χ0v) is 23.4. The van der Waals surface area contributed by atoms with Crippen LogP contribution in [0.3, 0.4) is 0 Å². The van der Waals surface area contributed by atoms with Crippen molar-refractivity contribution in [1.82, 2.24) is 10.6 Å². The van der Waals surface area contributed by atoms with E-state index in [4.69, 9.17) is 0 Å². The highest BCUT2D eigenvalue weighted by molar-refractivity contribution is 6.08. The number of fused-ring (bicyclic) bond motifs is 2. The summed E-state index contributed by atoms with van der Waals surface area (Å²) in [6, 6.07) is 12.4. The third kappa shape index (κ3) is 5.42. The van der Waals surface area contributed by atoms with Gasteiger partial charge in [0.1, 0.15) is 6.04 Å². The van der Waals surface area contributed by atoms with Gasteiger partial charge in [-0.25, -0.2) is 0 Å². The molecule has 2 atom stereocenters. The molecule has 1 heterocycles. The summed E-state index contributed by atoms with van der Waals surface area (Å²) in [4.78, 5) is 42.4. The van der Waals surface area contributed by atoms with Crippen LogP contribution < -0.4 is 20.4 Å². The molecular weight excluding hydrogens is 547 g/mol.